The van der Waals surface area contributed by atoms with Crippen molar-refractivity contribution in [3.8, 4) is 0 Å². The van der Waals surface area contributed by atoms with Crippen LogP contribution in [0.15, 0.2) is 24.3 Å². The molecule has 0 fully saturated rings. The minimum atomic E-state index is -0.698. The third-order valence-electron chi connectivity index (χ3n) is 3.15. The summed E-state index contributed by atoms with van der Waals surface area (Å²) in [6.45, 7) is 1.73. The Morgan fingerprint density at radius 3 is 2.43 bits per heavy atom. The van der Waals surface area contributed by atoms with Crippen molar-refractivity contribution in [3.63, 3.8) is 0 Å². The van der Waals surface area contributed by atoms with Gasteiger partial charge in [-0.15, -0.1) is 0 Å². The summed E-state index contributed by atoms with van der Waals surface area (Å²) in [5, 5.41) is 5.11. The van der Waals surface area contributed by atoms with E-state index in [-0.39, 0.29) is 12.5 Å². The molecule has 7 heteroatoms. The van der Waals surface area contributed by atoms with Crippen LogP contribution in [-0.4, -0.2) is 49.5 Å². The molecule has 0 aromatic heterocycles. The first-order chi connectivity index (χ1) is 11.0. The first-order valence-corrected chi connectivity index (χ1v) is 8.58. The highest BCUT2D eigenvalue weighted by Gasteiger charge is 2.21. The molecule has 2 N–H and O–H groups in total. The van der Waals surface area contributed by atoms with Crippen LogP contribution in [0.1, 0.15) is 22.3 Å². The summed E-state index contributed by atoms with van der Waals surface area (Å²) >= 11 is 1.57. The Morgan fingerprint density at radius 2 is 1.87 bits per heavy atom. The third kappa shape index (κ3) is 6.73. The standard InChI is InChI=1S/C16H22N2O4S/c1-11-4-6-12(7-5-11)15(20)17-10-14(19)18-13(8-9-23-3)16(21)22-2/h4-7,13H,8-10H2,1-3H3,(H,17,20)(H,18,19)/t13-/m0/s1. The van der Waals surface area contributed by atoms with E-state index < -0.39 is 17.9 Å². The molecular weight excluding hydrogens is 316 g/mol. The van der Waals surface area contributed by atoms with Crippen LogP contribution in [-0.2, 0) is 14.3 Å². The number of hydrogen-bond donors (Lipinski definition) is 2. The summed E-state index contributed by atoms with van der Waals surface area (Å²) in [6, 6.07) is 6.34. The number of rotatable bonds is 8. The molecule has 0 unspecified atom stereocenters. The lowest BCUT2D eigenvalue weighted by Gasteiger charge is -2.16. The minimum Gasteiger partial charge on any atom is -0.467 e. The van der Waals surface area contributed by atoms with Gasteiger partial charge in [0.25, 0.3) is 5.91 Å². The highest BCUT2D eigenvalue weighted by molar-refractivity contribution is 7.98. The largest absolute Gasteiger partial charge is 0.467 e. The van der Waals surface area contributed by atoms with Crippen molar-refractivity contribution in [3.05, 3.63) is 35.4 Å². The number of methoxy groups -OCH3 is 1. The van der Waals surface area contributed by atoms with Crippen LogP contribution in [0.2, 0.25) is 0 Å². The van der Waals surface area contributed by atoms with E-state index in [1.54, 1.807) is 23.9 Å². The third-order valence-corrected chi connectivity index (χ3v) is 3.80. The Morgan fingerprint density at radius 1 is 1.22 bits per heavy atom. The number of esters is 1. The smallest absolute Gasteiger partial charge is 0.328 e. The number of ether oxygens (including phenoxy) is 1. The van der Waals surface area contributed by atoms with Crippen molar-refractivity contribution >= 4 is 29.5 Å². The predicted molar refractivity (Wildman–Crippen MR) is 90.5 cm³/mol. The van der Waals surface area contributed by atoms with Crippen LogP contribution in [0.3, 0.4) is 0 Å². The van der Waals surface area contributed by atoms with Crippen molar-refractivity contribution < 1.29 is 19.1 Å². The predicted octanol–water partition coefficient (Wildman–Crippen LogP) is 1.14. The molecule has 2 amide bonds. The zero-order valence-electron chi connectivity index (χ0n) is 13.5. The van der Waals surface area contributed by atoms with Gasteiger partial charge < -0.3 is 15.4 Å². The van der Waals surface area contributed by atoms with Gasteiger partial charge in [0.15, 0.2) is 0 Å². The van der Waals surface area contributed by atoms with E-state index in [1.165, 1.54) is 7.11 Å². The summed E-state index contributed by atoms with van der Waals surface area (Å²) in [5.74, 6) is -0.534. The maximum Gasteiger partial charge on any atom is 0.328 e. The van der Waals surface area contributed by atoms with E-state index in [9.17, 15) is 14.4 Å². The molecule has 1 rings (SSSR count). The number of carbonyl (C=O) groups excluding carboxylic acids is 3. The molecule has 0 aliphatic heterocycles. The Hall–Kier alpha value is -2.02. The van der Waals surface area contributed by atoms with Crippen LogP contribution < -0.4 is 10.6 Å². The molecule has 0 heterocycles. The Balaban J connectivity index is 2.49. The van der Waals surface area contributed by atoms with Gasteiger partial charge in [-0.25, -0.2) is 4.79 Å². The van der Waals surface area contributed by atoms with Gasteiger partial charge in [0, 0.05) is 5.56 Å². The average molecular weight is 338 g/mol. The number of amides is 2. The summed E-state index contributed by atoms with van der Waals surface area (Å²) in [6.07, 6.45) is 2.39. The second kappa shape index (κ2) is 9.89. The van der Waals surface area contributed by atoms with Gasteiger partial charge in [-0.2, -0.15) is 11.8 Å². The molecule has 1 aromatic rings. The summed E-state index contributed by atoms with van der Waals surface area (Å²) in [4.78, 5) is 35.4. The van der Waals surface area contributed by atoms with E-state index >= 15 is 0 Å². The number of nitrogens with one attached hydrogen (secondary N) is 2. The van der Waals surface area contributed by atoms with Crippen molar-refractivity contribution in [1.29, 1.82) is 0 Å². The fourth-order valence-electron chi connectivity index (χ4n) is 1.84. The number of aryl methyl sites for hydroxylation is 1. The van der Waals surface area contributed by atoms with Crippen LogP contribution in [0.25, 0.3) is 0 Å². The topological polar surface area (TPSA) is 84.5 Å². The maximum absolute atomic E-state index is 11.9. The van der Waals surface area contributed by atoms with Crippen LogP contribution >= 0.6 is 11.8 Å². The lowest BCUT2D eigenvalue weighted by molar-refractivity contribution is -0.145. The molecule has 0 saturated carbocycles. The van der Waals surface area contributed by atoms with Gasteiger partial charge >= 0.3 is 5.97 Å². The van der Waals surface area contributed by atoms with Crippen LogP contribution in [0.4, 0.5) is 0 Å². The van der Waals surface area contributed by atoms with Gasteiger partial charge in [-0.3, -0.25) is 9.59 Å². The monoisotopic (exact) mass is 338 g/mol. The molecule has 0 spiro atoms. The Bertz CT molecular complexity index is 546. The van der Waals surface area contributed by atoms with Gasteiger partial charge in [0.2, 0.25) is 5.91 Å². The van der Waals surface area contributed by atoms with Crippen molar-refractivity contribution in [2.75, 3.05) is 25.7 Å². The number of thioether (sulfide) groups is 1. The first-order valence-electron chi connectivity index (χ1n) is 7.19. The van der Waals surface area contributed by atoms with E-state index in [0.717, 1.165) is 11.3 Å². The molecule has 0 aliphatic rings. The average Bonchev–Trinajstić information content (AvgIpc) is 2.56. The van der Waals surface area contributed by atoms with E-state index in [1.807, 2.05) is 25.3 Å². The normalized spacial score (nSPS) is 11.4. The molecule has 0 aliphatic carbocycles. The van der Waals surface area contributed by atoms with E-state index in [0.29, 0.717) is 12.0 Å². The molecule has 23 heavy (non-hydrogen) atoms. The molecule has 6 nitrogen and oxygen atoms in total. The van der Waals surface area contributed by atoms with Crippen molar-refractivity contribution in [2.45, 2.75) is 19.4 Å². The zero-order chi connectivity index (χ0) is 17.2. The van der Waals surface area contributed by atoms with Gasteiger partial charge in [-0.1, -0.05) is 17.7 Å². The summed E-state index contributed by atoms with van der Waals surface area (Å²) < 4.78 is 4.67. The number of carbonyl (C=O) groups is 3. The van der Waals surface area contributed by atoms with Crippen molar-refractivity contribution in [1.82, 2.24) is 10.6 Å². The van der Waals surface area contributed by atoms with E-state index in [2.05, 4.69) is 15.4 Å². The molecular formula is C16H22N2O4S. The lowest BCUT2D eigenvalue weighted by Crippen LogP contribution is -2.46. The Labute approximate surface area is 140 Å². The highest BCUT2D eigenvalue weighted by Crippen LogP contribution is 2.03. The fourth-order valence-corrected chi connectivity index (χ4v) is 2.31. The fraction of sp³-hybridized carbons (Fsp3) is 0.438. The molecule has 1 atom stereocenters. The summed E-state index contributed by atoms with van der Waals surface area (Å²) in [5.41, 5.74) is 1.53. The van der Waals surface area contributed by atoms with Gasteiger partial charge in [0.05, 0.1) is 13.7 Å². The SMILES string of the molecule is COC(=O)[C@H](CCSC)NC(=O)CNC(=O)c1ccc(C)cc1. The first kappa shape index (κ1) is 19.0. The molecule has 1 aromatic carbocycles. The van der Waals surface area contributed by atoms with Gasteiger partial charge in [0.1, 0.15) is 6.04 Å². The molecule has 0 radical (unpaired) electrons. The zero-order valence-corrected chi connectivity index (χ0v) is 14.4. The maximum atomic E-state index is 11.9. The highest BCUT2D eigenvalue weighted by atomic mass is 32.2. The molecule has 0 saturated heterocycles. The summed E-state index contributed by atoms with van der Waals surface area (Å²) in [7, 11) is 1.28. The van der Waals surface area contributed by atoms with Gasteiger partial charge in [-0.05, 0) is 37.5 Å². The second-order valence-electron chi connectivity index (χ2n) is 4.97. The lowest BCUT2D eigenvalue weighted by atomic mass is 10.1. The number of hydrogen-bond acceptors (Lipinski definition) is 5. The van der Waals surface area contributed by atoms with E-state index in [4.69, 9.17) is 0 Å². The molecule has 0 bridgehead atoms. The van der Waals surface area contributed by atoms with Crippen LogP contribution in [0.5, 0.6) is 0 Å². The molecule has 126 valence electrons. The number of benzene rings is 1. The Kier molecular flexibility index (Phi) is 8.18. The second-order valence-corrected chi connectivity index (χ2v) is 5.96. The quantitative estimate of drug-likeness (QED) is 0.694. The van der Waals surface area contributed by atoms with Crippen LogP contribution in [0, 0.1) is 6.92 Å². The van der Waals surface area contributed by atoms with Crippen molar-refractivity contribution in [2.24, 2.45) is 0 Å². The minimum absolute atomic E-state index is 0.195.